The van der Waals surface area contributed by atoms with Gasteiger partial charge in [0.2, 0.25) is 0 Å². The zero-order valence-corrected chi connectivity index (χ0v) is 11.2. The van der Waals surface area contributed by atoms with Crippen LogP contribution in [0.1, 0.15) is 18.4 Å². The number of nitrogens with one attached hydrogen (secondary N) is 2. The lowest BCUT2D eigenvalue weighted by atomic mass is 10.2. The van der Waals surface area contributed by atoms with Crippen molar-refractivity contribution in [3.63, 3.8) is 0 Å². The Morgan fingerprint density at radius 2 is 2.11 bits per heavy atom. The van der Waals surface area contributed by atoms with Crippen LogP contribution in [0.25, 0.3) is 0 Å². The number of methoxy groups -OCH3 is 2. The monoisotopic (exact) mass is 250 g/mol. The summed E-state index contributed by atoms with van der Waals surface area (Å²) in [4.78, 5) is 0. The van der Waals surface area contributed by atoms with Crippen LogP contribution in [0.15, 0.2) is 18.2 Å². The Labute approximate surface area is 109 Å². The van der Waals surface area contributed by atoms with Crippen molar-refractivity contribution >= 4 is 0 Å². The predicted molar refractivity (Wildman–Crippen MR) is 72.3 cm³/mol. The first kappa shape index (κ1) is 13.2. The van der Waals surface area contributed by atoms with Gasteiger partial charge in [-0.05, 0) is 37.1 Å². The van der Waals surface area contributed by atoms with Crippen molar-refractivity contribution in [2.75, 3.05) is 27.3 Å². The molecule has 2 rings (SSSR count). The molecule has 1 unspecified atom stereocenters. The van der Waals surface area contributed by atoms with Gasteiger partial charge in [0.15, 0.2) is 11.5 Å². The van der Waals surface area contributed by atoms with Gasteiger partial charge in [0.1, 0.15) is 0 Å². The number of benzene rings is 1. The highest BCUT2D eigenvalue weighted by Crippen LogP contribution is 2.27. The van der Waals surface area contributed by atoms with Crippen molar-refractivity contribution in [1.29, 1.82) is 0 Å². The van der Waals surface area contributed by atoms with Crippen LogP contribution < -0.4 is 20.1 Å². The molecular weight excluding hydrogens is 228 g/mol. The number of hydrogen-bond acceptors (Lipinski definition) is 4. The highest BCUT2D eigenvalue weighted by atomic mass is 16.5. The molecule has 0 bridgehead atoms. The largest absolute Gasteiger partial charge is 0.493 e. The van der Waals surface area contributed by atoms with Crippen molar-refractivity contribution in [2.24, 2.45) is 0 Å². The third-order valence-corrected chi connectivity index (χ3v) is 3.33. The Morgan fingerprint density at radius 3 is 2.78 bits per heavy atom. The van der Waals surface area contributed by atoms with Gasteiger partial charge >= 0.3 is 0 Å². The molecule has 0 amide bonds. The summed E-state index contributed by atoms with van der Waals surface area (Å²) < 4.78 is 10.5. The Hall–Kier alpha value is -1.26. The van der Waals surface area contributed by atoms with Crippen LogP contribution in [0.4, 0.5) is 0 Å². The minimum Gasteiger partial charge on any atom is -0.493 e. The van der Waals surface area contributed by atoms with Crippen molar-refractivity contribution in [3.8, 4) is 11.5 Å². The SMILES string of the molecule is COc1ccc(CNCC2CCCN2)cc1OC. The summed E-state index contributed by atoms with van der Waals surface area (Å²) in [6, 6.07) is 6.67. The van der Waals surface area contributed by atoms with E-state index in [-0.39, 0.29) is 0 Å². The quantitative estimate of drug-likeness (QED) is 0.804. The molecule has 1 saturated heterocycles. The smallest absolute Gasteiger partial charge is 0.161 e. The van der Waals surface area contributed by atoms with Crippen molar-refractivity contribution in [1.82, 2.24) is 10.6 Å². The van der Waals surface area contributed by atoms with Crippen molar-refractivity contribution < 1.29 is 9.47 Å². The van der Waals surface area contributed by atoms with E-state index < -0.39 is 0 Å². The standard InChI is InChI=1S/C14H22N2O2/c1-17-13-6-5-11(8-14(13)18-2)9-15-10-12-4-3-7-16-12/h5-6,8,12,15-16H,3-4,7,9-10H2,1-2H3. The summed E-state index contributed by atoms with van der Waals surface area (Å²) in [6.07, 6.45) is 2.57. The lowest BCUT2D eigenvalue weighted by Gasteiger charge is -2.13. The van der Waals surface area contributed by atoms with E-state index in [9.17, 15) is 0 Å². The molecule has 100 valence electrons. The van der Waals surface area contributed by atoms with Crippen LogP contribution in [-0.2, 0) is 6.54 Å². The van der Waals surface area contributed by atoms with E-state index in [4.69, 9.17) is 9.47 Å². The van der Waals surface area contributed by atoms with E-state index in [1.165, 1.54) is 18.4 Å². The van der Waals surface area contributed by atoms with E-state index >= 15 is 0 Å². The topological polar surface area (TPSA) is 42.5 Å². The Bertz CT molecular complexity index is 376. The minimum atomic E-state index is 0.630. The lowest BCUT2D eigenvalue weighted by molar-refractivity contribution is 0.354. The Morgan fingerprint density at radius 1 is 1.28 bits per heavy atom. The summed E-state index contributed by atoms with van der Waals surface area (Å²) in [5, 5.41) is 6.95. The van der Waals surface area contributed by atoms with E-state index in [2.05, 4.69) is 16.7 Å². The van der Waals surface area contributed by atoms with Gasteiger partial charge in [-0.3, -0.25) is 0 Å². The normalized spacial score (nSPS) is 18.9. The molecule has 2 N–H and O–H groups in total. The van der Waals surface area contributed by atoms with Crippen LogP contribution in [0, 0.1) is 0 Å². The average Bonchev–Trinajstić information content (AvgIpc) is 2.91. The van der Waals surface area contributed by atoms with Crippen LogP contribution in [-0.4, -0.2) is 33.4 Å². The lowest BCUT2D eigenvalue weighted by Crippen LogP contribution is -2.33. The molecule has 1 aliphatic heterocycles. The van der Waals surface area contributed by atoms with Gasteiger partial charge in [-0.2, -0.15) is 0 Å². The first-order valence-electron chi connectivity index (χ1n) is 6.48. The highest BCUT2D eigenvalue weighted by Gasteiger charge is 2.13. The summed E-state index contributed by atoms with van der Waals surface area (Å²) in [7, 11) is 3.32. The van der Waals surface area contributed by atoms with Crippen LogP contribution in [0.2, 0.25) is 0 Å². The third-order valence-electron chi connectivity index (χ3n) is 3.33. The maximum atomic E-state index is 5.29. The second kappa shape index (κ2) is 6.61. The van der Waals surface area contributed by atoms with Gasteiger partial charge < -0.3 is 20.1 Å². The molecule has 1 aliphatic rings. The van der Waals surface area contributed by atoms with E-state index in [0.29, 0.717) is 6.04 Å². The molecule has 1 fully saturated rings. The maximum absolute atomic E-state index is 5.29. The minimum absolute atomic E-state index is 0.630. The molecule has 0 aromatic heterocycles. The molecule has 0 aliphatic carbocycles. The number of rotatable bonds is 6. The van der Waals surface area contributed by atoms with Gasteiger partial charge in [-0.1, -0.05) is 6.07 Å². The molecule has 0 spiro atoms. The third kappa shape index (κ3) is 3.37. The average molecular weight is 250 g/mol. The van der Waals surface area contributed by atoms with E-state index in [0.717, 1.165) is 31.1 Å². The molecule has 1 aromatic carbocycles. The fraction of sp³-hybridized carbons (Fsp3) is 0.571. The Kier molecular flexibility index (Phi) is 4.84. The van der Waals surface area contributed by atoms with Crippen molar-refractivity contribution in [3.05, 3.63) is 23.8 Å². The fourth-order valence-electron chi connectivity index (χ4n) is 2.31. The van der Waals surface area contributed by atoms with Gasteiger partial charge in [0, 0.05) is 19.1 Å². The summed E-state index contributed by atoms with van der Waals surface area (Å²) >= 11 is 0. The predicted octanol–water partition coefficient (Wildman–Crippen LogP) is 1.55. The Balaban J connectivity index is 1.84. The molecule has 0 radical (unpaired) electrons. The first-order valence-corrected chi connectivity index (χ1v) is 6.48. The van der Waals surface area contributed by atoms with Gasteiger partial charge in [0.25, 0.3) is 0 Å². The van der Waals surface area contributed by atoms with Gasteiger partial charge in [-0.25, -0.2) is 0 Å². The molecular formula is C14H22N2O2. The molecule has 4 nitrogen and oxygen atoms in total. The van der Waals surface area contributed by atoms with Crippen molar-refractivity contribution in [2.45, 2.75) is 25.4 Å². The molecule has 0 saturated carbocycles. The van der Waals surface area contributed by atoms with Gasteiger partial charge in [-0.15, -0.1) is 0 Å². The van der Waals surface area contributed by atoms with E-state index in [1.54, 1.807) is 14.2 Å². The molecule has 18 heavy (non-hydrogen) atoms. The zero-order valence-electron chi connectivity index (χ0n) is 11.2. The molecule has 1 atom stereocenters. The number of hydrogen-bond donors (Lipinski definition) is 2. The summed E-state index contributed by atoms with van der Waals surface area (Å²) in [5.41, 5.74) is 1.21. The maximum Gasteiger partial charge on any atom is 0.161 e. The zero-order chi connectivity index (χ0) is 12.8. The molecule has 4 heteroatoms. The molecule has 1 heterocycles. The first-order chi connectivity index (χ1) is 8.83. The van der Waals surface area contributed by atoms with Gasteiger partial charge in [0.05, 0.1) is 14.2 Å². The van der Waals surface area contributed by atoms with Crippen LogP contribution in [0.5, 0.6) is 11.5 Å². The second-order valence-electron chi connectivity index (χ2n) is 4.61. The van der Waals surface area contributed by atoms with Crippen LogP contribution >= 0.6 is 0 Å². The van der Waals surface area contributed by atoms with Crippen LogP contribution in [0.3, 0.4) is 0 Å². The number of ether oxygens (including phenoxy) is 2. The summed E-state index contributed by atoms with van der Waals surface area (Å²) in [5.74, 6) is 1.56. The summed E-state index contributed by atoms with van der Waals surface area (Å²) in [6.45, 7) is 3.04. The molecule has 1 aromatic rings. The second-order valence-corrected chi connectivity index (χ2v) is 4.61. The highest BCUT2D eigenvalue weighted by molar-refractivity contribution is 5.42. The fourth-order valence-corrected chi connectivity index (χ4v) is 2.31. The van der Waals surface area contributed by atoms with E-state index in [1.807, 2.05) is 12.1 Å².